The third-order valence-corrected chi connectivity index (χ3v) is 1.84. The van der Waals surface area contributed by atoms with E-state index in [4.69, 9.17) is 17.3 Å². The summed E-state index contributed by atoms with van der Waals surface area (Å²) in [5.74, 6) is 0.349. The Morgan fingerprint density at radius 3 is 2.71 bits per heavy atom. The highest BCUT2D eigenvalue weighted by atomic mass is 35.5. The first-order chi connectivity index (χ1) is 6.50. The van der Waals surface area contributed by atoms with Crippen molar-refractivity contribution in [3.8, 4) is 0 Å². The highest BCUT2D eigenvalue weighted by molar-refractivity contribution is 6.30. The van der Waals surface area contributed by atoms with Crippen LogP contribution in [0.15, 0.2) is 14.6 Å². The van der Waals surface area contributed by atoms with Gasteiger partial charge in [-0.05, 0) is 6.92 Å². The third kappa shape index (κ3) is 2.46. The van der Waals surface area contributed by atoms with Gasteiger partial charge in [0.1, 0.15) is 5.02 Å². The fourth-order valence-electron chi connectivity index (χ4n) is 0.831. The van der Waals surface area contributed by atoms with Gasteiger partial charge in [0.25, 0.3) is 5.56 Å². The summed E-state index contributed by atoms with van der Waals surface area (Å²) in [6.45, 7) is 1.68. The summed E-state index contributed by atoms with van der Waals surface area (Å²) >= 11 is 5.62. The Balaban J connectivity index is 3.15. The summed E-state index contributed by atoms with van der Waals surface area (Å²) in [7, 11) is 0. The zero-order chi connectivity index (χ0) is 10.7. The normalized spacial score (nSPS) is 11.7. The largest absolute Gasteiger partial charge is 0.388 e. The van der Waals surface area contributed by atoms with Gasteiger partial charge in [-0.1, -0.05) is 11.6 Å². The Hall–Kier alpha value is -1.56. The Morgan fingerprint density at radius 2 is 2.14 bits per heavy atom. The predicted molar refractivity (Wildman–Crippen MR) is 53.7 cm³/mol. The van der Waals surface area contributed by atoms with Gasteiger partial charge >= 0.3 is 5.69 Å². The van der Waals surface area contributed by atoms with Crippen LogP contribution in [0.3, 0.4) is 0 Å². The van der Waals surface area contributed by atoms with Crippen molar-refractivity contribution in [3.63, 3.8) is 0 Å². The number of amidine groups is 1. The molecule has 0 aliphatic rings. The van der Waals surface area contributed by atoms with E-state index in [9.17, 15) is 9.59 Å². The average Bonchev–Trinajstić information content (AvgIpc) is 2.08. The average molecular weight is 217 g/mol. The number of nitrogens with zero attached hydrogens (tertiary/aromatic N) is 1. The Labute approximate surface area is 83.8 Å². The molecule has 0 aliphatic carbocycles. The molecule has 0 unspecified atom stereocenters. The van der Waals surface area contributed by atoms with E-state index < -0.39 is 11.2 Å². The van der Waals surface area contributed by atoms with Gasteiger partial charge in [0.05, 0.1) is 18.1 Å². The SMILES string of the molecule is CC(N)=NCc1[nH]c(=O)[nH]c(=O)c1Cl. The van der Waals surface area contributed by atoms with Crippen LogP contribution in [0.1, 0.15) is 12.6 Å². The summed E-state index contributed by atoms with van der Waals surface area (Å²) in [5, 5.41) is -0.0744. The van der Waals surface area contributed by atoms with Crippen LogP contribution in [0.25, 0.3) is 0 Å². The topological polar surface area (TPSA) is 104 Å². The summed E-state index contributed by atoms with van der Waals surface area (Å²) < 4.78 is 0. The monoisotopic (exact) mass is 216 g/mol. The molecular weight excluding hydrogens is 208 g/mol. The number of H-pyrrole nitrogens is 2. The third-order valence-electron chi connectivity index (χ3n) is 1.44. The molecule has 14 heavy (non-hydrogen) atoms. The number of nitrogens with two attached hydrogens (primary N) is 1. The van der Waals surface area contributed by atoms with Crippen molar-refractivity contribution in [2.75, 3.05) is 0 Å². The van der Waals surface area contributed by atoms with Crippen molar-refractivity contribution in [1.82, 2.24) is 9.97 Å². The number of nitrogens with one attached hydrogen (secondary N) is 2. The van der Waals surface area contributed by atoms with E-state index in [0.29, 0.717) is 5.84 Å². The number of hydrogen-bond donors (Lipinski definition) is 3. The Kier molecular flexibility index (Phi) is 3.08. The van der Waals surface area contributed by atoms with Gasteiger partial charge in [-0.2, -0.15) is 0 Å². The predicted octanol–water partition coefficient (Wildman–Crippen LogP) is -0.406. The fraction of sp³-hybridized carbons (Fsp3) is 0.286. The number of aromatic amines is 2. The van der Waals surface area contributed by atoms with Crippen molar-refractivity contribution >= 4 is 17.4 Å². The first kappa shape index (κ1) is 10.5. The molecule has 1 heterocycles. The van der Waals surface area contributed by atoms with Gasteiger partial charge < -0.3 is 10.7 Å². The summed E-state index contributed by atoms with van der Waals surface area (Å²) in [6.07, 6.45) is 0. The maximum absolute atomic E-state index is 11.0. The summed E-state index contributed by atoms with van der Waals surface area (Å²) in [4.78, 5) is 30.1. The standard InChI is InChI=1S/C7H9ClN4O2/c1-3(9)10-2-4-5(8)6(13)12-7(14)11-4/h2H2,1H3,(H2,9,10)(H2,11,12,13,14). The van der Waals surface area contributed by atoms with Crippen molar-refractivity contribution < 1.29 is 0 Å². The van der Waals surface area contributed by atoms with Crippen LogP contribution in [0.5, 0.6) is 0 Å². The van der Waals surface area contributed by atoms with Crippen molar-refractivity contribution in [3.05, 3.63) is 31.6 Å². The molecule has 76 valence electrons. The maximum Gasteiger partial charge on any atom is 0.326 e. The van der Waals surface area contributed by atoms with E-state index in [1.165, 1.54) is 0 Å². The van der Waals surface area contributed by atoms with E-state index in [1.54, 1.807) is 6.92 Å². The van der Waals surface area contributed by atoms with Crippen LogP contribution < -0.4 is 17.0 Å². The molecule has 0 amide bonds. The van der Waals surface area contributed by atoms with Gasteiger partial charge in [-0.3, -0.25) is 14.8 Å². The second-order valence-electron chi connectivity index (χ2n) is 2.66. The first-order valence-electron chi connectivity index (χ1n) is 3.78. The lowest BCUT2D eigenvalue weighted by atomic mass is 10.4. The number of aromatic nitrogens is 2. The highest BCUT2D eigenvalue weighted by Crippen LogP contribution is 2.05. The molecule has 1 rings (SSSR count). The molecule has 0 atom stereocenters. The molecule has 1 aromatic rings. The molecule has 0 radical (unpaired) electrons. The van der Waals surface area contributed by atoms with E-state index in [2.05, 4.69) is 9.98 Å². The van der Waals surface area contributed by atoms with E-state index in [-0.39, 0.29) is 17.3 Å². The van der Waals surface area contributed by atoms with Crippen LogP contribution in [0, 0.1) is 0 Å². The van der Waals surface area contributed by atoms with E-state index in [1.807, 2.05) is 4.98 Å². The lowest BCUT2D eigenvalue weighted by molar-refractivity contribution is 0.913. The molecule has 6 nitrogen and oxygen atoms in total. The lowest BCUT2D eigenvalue weighted by Crippen LogP contribution is -2.24. The minimum atomic E-state index is -0.629. The molecule has 0 saturated carbocycles. The molecule has 0 bridgehead atoms. The zero-order valence-corrected chi connectivity index (χ0v) is 8.18. The molecule has 7 heteroatoms. The van der Waals surface area contributed by atoms with Gasteiger partial charge in [0, 0.05) is 0 Å². The van der Waals surface area contributed by atoms with Crippen LogP contribution in [-0.2, 0) is 6.54 Å². The number of aliphatic imine (C=N–C) groups is 1. The maximum atomic E-state index is 11.0. The van der Waals surface area contributed by atoms with Gasteiger partial charge in [-0.25, -0.2) is 4.79 Å². The summed E-state index contributed by atoms with van der Waals surface area (Å²) in [5.41, 5.74) is 4.31. The van der Waals surface area contributed by atoms with Crippen LogP contribution in [0.2, 0.25) is 5.02 Å². The highest BCUT2D eigenvalue weighted by Gasteiger charge is 2.05. The molecule has 4 N–H and O–H groups in total. The molecule has 0 aromatic carbocycles. The molecule has 0 aliphatic heterocycles. The number of halogens is 1. The van der Waals surface area contributed by atoms with Crippen LogP contribution in [0.4, 0.5) is 0 Å². The van der Waals surface area contributed by atoms with Crippen molar-refractivity contribution in [2.45, 2.75) is 13.5 Å². The number of hydrogen-bond acceptors (Lipinski definition) is 3. The van der Waals surface area contributed by atoms with Gasteiger partial charge in [0.15, 0.2) is 0 Å². The van der Waals surface area contributed by atoms with Gasteiger partial charge in [0.2, 0.25) is 0 Å². The molecule has 0 spiro atoms. The Morgan fingerprint density at radius 1 is 1.50 bits per heavy atom. The first-order valence-corrected chi connectivity index (χ1v) is 4.16. The minimum Gasteiger partial charge on any atom is -0.388 e. The minimum absolute atomic E-state index is 0.0744. The van der Waals surface area contributed by atoms with Crippen LogP contribution in [-0.4, -0.2) is 15.8 Å². The molecule has 0 fully saturated rings. The van der Waals surface area contributed by atoms with E-state index >= 15 is 0 Å². The molecule has 1 aromatic heterocycles. The zero-order valence-electron chi connectivity index (χ0n) is 7.43. The lowest BCUT2D eigenvalue weighted by Gasteiger charge is -1.98. The second-order valence-corrected chi connectivity index (χ2v) is 3.04. The van der Waals surface area contributed by atoms with Crippen molar-refractivity contribution in [1.29, 1.82) is 0 Å². The van der Waals surface area contributed by atoms with Crippen molar-refractivity contribution in [2.24, 2.45) is 10.7 Å². The fourth-order valence-corrected chi connectivity index (χ4v) is 0.985. The smallest absolute Gasteiger partial charge is 0.326 e. The van der Waals surface area contributed by atoms with E-state index in [0.717, 1.165) is 0 Å². The quantitative estimate of drug-likeness (QED) is 0.463. The Bertz CT molecular complexity index is 469. The molecule has 0 saturated heterocycles. The van der Waals surface area contributed by atoms with Gasteiger partial charge in [-0.15, -0.1) is 0 Å². The summed E-state index contributed by atoms with van der Waals surface area (Å²) in [6, 6.07) is 0. The number of rotatable bonds is 2. The van der Waals surface area contributed by atoms with Crippen LogP contribution >= 0.6 is 11.6 Å². The molecular formula is C7H9ClN4O2. The second kappa shape index (κ2) is 4.10.